The number of hydrogen-bond donors (Lipinski definition) is 1. The van der Waals surface area contributed by atoms with Crippen LogP contribution in [-0.4, -0.2) is 40.6 Å². The van der Waals surface area contributed by atoms with Gasteiger partial charge in [0.25, 0.3) is 5.91 Å². The predicted octanol–water partition coefficient (Wildman–Crippen LogP) is 4.31. The molecular formula is C23H18FN3O6S. The Morgan fingerprint density at radius 1 is 1.15 bits per heavy atom. The van der Waals surface area contributed by atoms with E-state index in [1.54, 1.807) is 24.4 Å². The molecule has 0 saturated heterocycles. The summed E-state index contributed by atoms with van der Waals surface area (Å²) in [5, 5.41) is 4.48. The molecule has 4 aromatic rings. The summed E-state index contributed by atoms with van der Waals surface area (Å²) in [7, 11) is 0. The molecule has 0 bridgehead atoms. The molecule has 0 aliphatic carbocycles. The van der Waals surface area contributed by atoms with Crippen LogP contribution in [0.2, 0.25) is 0 Å². The van der Waals surface area contributed by atoms with Crippen LogP contribution in [0.15, 0.2) is 65.0 Å². The number of imidazole rings is 1. The van der Waals surface area contributed by atoms with Crippen LogP contribution in [-0.2, 0) is 14.3 Å². The number of carbonyl (C=O) groups is 3. The van der Waals surface area contributed by atoms with Gasteiger partial charge >= 0.3 is 11.9 Å². The van der Waals surface area contributed by atoms with E-state index in [9.17, 15) is 18.8 Å². The van der Waals surface area contributed by atoms with Crippen molar-refractivity contribution in [2.75, 3.05) is 18.5 Å². The molecule has 174 valence electrons. The molecular weight excluding hydrogens is 465 g/mol. The second kappa shape index (κ2) is 10.1. The molecule has 4 rings (SSSR count). The van der Waals surface area contributed by atoms with Crippen LogP contribution in [0.1, 0.15) is 27.8 Å². The molecule has 3 aromatic heterocycles. The fourth-order valence-corrected chi connectivity index (χ4v) is 4.04. The van der Waals surface area contributed by atoms with Crippen molar-refractivity contribution in [2.45, 2.75) is 6.92 Å². The maximum Gasteiger partial charge on any atom is 0.357 e. The van der Waals surface area contributed by atoms with Crippen molar-refractivity contribution in [2.24, 2.45) is 0 Å². The smallest absolute Gasteiger partial charge is 0.357 e. The third kappa shape index (κ3) is 4.89. The van der Waals surface area contributed by atoms with E-state index in [1.165, 1.54) is 47.6 Å². The predicted molar refractivity (Wildman–Crippen MR) is 120 cm³/mol. The number of carbonyl (C=O) groups excluding carboxylic acids is 3. The van der Waals surface area contributed by atoms with Gasteiger partial charge in [-0.15, -0.1) is 11.3 Å². The second-order valence-electron chi connectivity index (χ2n) is 6.80. The van der Waals surface area contributed by atoms with Crippen LogP contribution < -0.4 is 5.32 Å². The molecule has 0 fully saturated rings. The van der Waals surface area contributed by atoms with E-state index in [0.29, 0.717) is 17.0 Å². The van der Waals surface area contributed by atoms with Gasteiger partial charge in [0.15, 0.2) is 12.3 Å². The van der Waals surface area contributed by atoms with Gasteiger partial charge in [-0.05, 0) is 43.3 Å². The average Bonchev–Trinajstić information content (AvgIpc) is 3.58. The highest BCUT2D eigenvalue weighted by Crippen LogP contribution is 2.36. The molecule has 1 aromatic carbocycles. The molecule has 34 heavy (non-hydrogen) atoms. The Hall–Kier alpha value is -4.25. The molecule has 3 heterocycles. The molecule has 0 atom stereocenters. The van der Waals surface area contributed by atoms with Gasteiger partial charge in [0.1, 0.15) is 22.1 Å². The number of rotatable bonds is 8. The summed E-state index contributed by atoms with van der Waals surface area (Å²) in [6, 6.07) is 8.81. The number of aromatic nitrogens is 2. The zero-order valence-corrected chi connectivity index (χ0v) is 18.6. The summed E-state index contributed by atoms with van der Waals surface area (Å²) in [5.74, 6) is -2.05. The van der Waals surface area contributed by atoms with E-state index in [1.807, 2.05) is 0 Å². The Balaban J connectivity index is 1.45. The third-order valence-corrected chi connectivity index (χ3v) is 5.49. The molecule has 0 aliphatic rings. The van der Waals surface area contributed by atoms with Crippen molar-refractivity contribution in [3.63, 3.8) is 0 Å². The van der Waals surface area contributed by atoms with Gasteiger partial charge in [0.05, 0.1) is 25.4 Å². The van der Waals surface area contributed by atoms with E-state index in [4.69, 9.17) is 13.9 Å². The van der Waals surface area contributed by atoms with Gasteiger partial charge in [-0.2, -0.15) is 0 Å². The third-order valence-electron chi connectivity index (χ3n) is 4.60. The quantitative estimate of drug-likeness (QED) is 0.372. The molecule has 0 spiro atoms. The lowest BCUT2D eigenvalue weighted by atomic mass is 10.1. The summed E-state index contributed by atoms with van der Waals surface area (Å²) in [4.78, 5) is 41.4. The van der Waals surface area contributed by atoms with Gasteiger partial charge in [-0.3, -0.25) is 9.36 Å². The van der Waals surface area contributed by atoms with Gasteiger partial charge in [0, 0.05) is 16.6 Å². The number of nitrogens with zero attached hydrogens (tertiary/aromatic N) is 2. The van der Waals surface area contributed by atoms with Crippen LogP contribution in [0, 0.1) is 5.82 Å². The highest BCUT2D eigenvalue weighted by molar-refractivity contribution is 7.15. The van der Waals surface area contributed by atoms with Gasteiger partial charge < -0.3 is 19.2 Å². The number of furan rings is 1. The normalized spacial score (nSPS) is 10.6. The zero-order valence-electron chi connectivity index (χ0n) is 17.8. The van der Waals surface area contributed by atoms with Gasteiger partial charge in [0.2, 0.25) is 0 Å². The number of benzene rings is 1. The topological polar surface area (TPSA) is 113 Å². The minimum Gasteiger partial charge on any atom is -0.464 e. The molecule has 9 nitrogen and oxygen atoms in total. The van der Waals surface area contributed by atoms with Crippen molar-refractivity contribution < 1.29 is 32.7 Å². The van der Waals surface area contributed by atoms with Crippen LogP contribution >= 0.6 is 11.3 Å². The zero-order chi connectivity index (χ0) is 24.1. The molecule has 1 N–H and O–H groups in total. The van der Waals surface area contributed by atoms with Crippen molar-refractivity contribution in [1.82, 2.24) is 9.55 Å². The number of anilines is 1. The molecule has 0 unspecified atom stereocenters. The minimum atomic E-state index is -0.801. The second-order valence-corrected chi connectivity index (χ2v) is 7.68. The van der Waals surface area contributed by atoms with E-state index in [2.05, 4.69) is 10.3 Å². The average molecular weight is 483 g/mol. The van der Waals surface area contributed by atoms with E-state index < -0.39 is 30.3 Å². The Morgan fingerprint density at radius 2 is 1.94 bits per heavy atom. The van der Waals surface area contributed by atoms with Crippen molar-refractivity contribution in [3.05, 3.63) is 77.6 Å². The van der Waals surface area contributed by atoms with E-state index in [-0.39, 0.29) is 22.9 Å². The standard InChI is InChI=1S/C23H18FN3O6S/c1-2-31-23(30)20-16(18-4-3-9-32-18)12-34-21(20)26-19(28)11-33-22(29)17-10-25-13-27(17)15-7-5-14(24)6-8-15/h3-10,12-13H,2,11H2,1H3,(H,26,28). The summed E-state index contributed by atoms with van der Waals surface area (Å²) >= 11 is 1.11. The molecule has 0 saturated carbocycles. The van der Waals surface area contributed by atoms with Gasteiger partial charge in [-0.1, -0.05) is 0 Å². The Bertz CT molecular complexity index is 1310. The SMILES string of the molecule is CCOC(=O)c1c(-c2ccco2)csc1NC(=O)COC(=O)c1cncn1-c1ccc(F)cc1. The molecule has 0 radical (unpaired) electrons. The number of ether oxygens (including phenoxy) is 2. The number of halogens is 1. The summed E-state index contributed by atoms with van der Waals surface area (Å²) in [5.41, 5.74) is 1.18. The van der Waals surface area contributed by atoms with Crippen LogP contribution in [0.25, 0.3) is 17.0 Å². The summed E-state index contributed by atoms with van der Waals surface area (Å²) in [6.45, 7) is 1.22. The number of hydrogen-bond acceptors (Lipinski definition) is 8. The van der Waals surface area contributed by atoms with Crippen LogP contribution in [0.5, 0.6) is 0 Å². The fourth-order valence-electron chi connectivity index (χ4n) is 3.09. The Morgan fingerprint density at radius 3 is 2.65 bits per heavy atom. The highest BCUT2D eigenvalue weighted by atomic mass is 32.1. The van der Waals surface area contributed by atoms with Gasteiger partial charge in [-0.25, -0.2) is 19.0 Å². The molecule has 11 heteroatoms. The molecule has 1 amide bonds. The lowest BCUT2D eigenvalue weighted by molar-refractivity contribution is -0.119. The lowest BCUT2D eigenvalue weighted by Gasteiger charge is -2.10. The maximum absolute atomic E-state index is 13.2. The first kappa shape index (κ1) is 22.9. The minimum absolute atomic E-state index is 0.0582. The Labute approximate surface area is 196 Å². The van der Waals surface area contributed by atoms with Crippen molar-refractivity contribution in [1.29, 1.82) is 0 Å². The maximum atomic E-state index is 13.2. The lowest BCUT2D eigenvalue weighted by Crippen LogP contribution is -2.22. The Kier molecular flexibility index (Phi) is 6.83. The number of amides is 1. The van der Waals surface area contributed by atoms with Crippen LogP contribution in [0.3, 0.4) is 0 Å². The van der Waals surface area contributed by atoms with Crippen LogP contribution in [0.4, 0.5) is 9.39 Å². The number of thiophene rings is 1. The van der Waals surface area contributed by atoms with E-state index >= 15 is 0 Å². The van der Waals surface area contributed by atoms with Crippen molar-refractivity contribution >= 4 is 34.2 Å². The summed E-state index contributed by atoms with van der Waals surface area (Å²) < 4.78 is 30.2. The van der Waals surface area contributed by atoms with E-state index in [0.717, 1.165) is 11.3 Å². The first-order valence-electron chi connectivity index (χ1n) is 10.1. The number of esters is 2. The monoisotopic (exact) mass is 483 g/mol. The molecule has 0 aliphatic heterocycles. The highest BCUT2D eigenvalue weighted by Gasteiger charge is 2.24. The first-order chi connectivity index (χ1) is 16.5. The van der Waals surface area contributed by atoms with Crippen molar-refractivity contribution in [3.8, 4) is 17.0 Å². The first-order valence-corrected chi connectivity index (χ1v) is 10.9. The largest absolute Gasteiger partial charge is 0.464 e. The fraction of sp³-hybridized carbons (Fsp3) is 0.130. The number of nitrogens with one attached hydrogen (secondary N) is 1. The summed E-state index contributed by atoms with van der Waals surface area (Å²) in [6.07, 6.45) is 4.12.